The zero-order chi connectivity index (χ0) is 46.5. The van der Waals surface area contributed by atoms with Crippen molar-refractivity contribution in [3.8, 4) is 45.1 Å². The zero-order valence-electron chi connectivity index (χ0n) is 39.7. The number of aromatic nitrogens is 5. The molecule has 0 unspecified atom stereocenters. The summed E-state index contributed by atoms with van der Waals surface area (Å²) in [7, 11) is 0. The standard InChI is InChI=1S/C63H53N5/c1-39-33-46(34-40(2)58(39)41-19-10-8-11-20-41)67-56-38-45(63(6,7)43-21-12-9-13-22-43)37-51(60(56)66-61(67)50-25-18-24-49-47-23-14-15-26-53(47)65-59(49)50)42-28-30-48-52-36-44(62(3,4)5)29-31-54(52)68(55(48)35-42)57-27-16-17-32-64-57/h8-38,65H,1-7H3. The average Bonchev–Trinajstić information content (AvgIpc) is 4.03. The maximum Gasteiger partial charge on any atom is 0.147 e. The number of hydrogen-bond donors (Lipinski definition) is 1. The lowest BCUT2D eigenvalue weighted by Gasteiger charge is -2.27. The van der Waals surface area contributed by atoms with Gasteiger partial charge in [0.15, 0.2) is 0 Å². The fourth-order valence-electron chi connectivity index (χ4n) is 10.8. The van der Waals surface area contributed by atoms with E-state index in [1.807, 2.05) is 12.3 Å². The van der Waals surface area contributed by atoms with Crippen LogP contribution in [-0.2, 0) is 10.8 Å². The number of hydrogen-bond acceptors (Lipinski definition) is 2. The molecule has 0 radical (unpaired) electrons. The Labute approximate surface area is 397 Å². The van der Waals surface area contributed by atoms with E-state index in [0.717, 1.165) is 67.1 Å². The van der Waals surface area contributed by atoms with E-state index in [-0.39, 0.29) is 10.8 Å². The van der Waals surface area contributed by atoms with Gasteiger partial charge >= 0.3 is 0 Å². The predicted molar refractivity (Wildman–Crippen MR) is 286 cm³/mol. The van der Waals surface area contributed by atoms with Gasteiger partial charge in [0.25, 0.3) is 0 Å². The van der Waals surface area contributed by atoms with Crippen LogP contribution in [0.2, 0.25) is 0 Å². The number of fused-ring (bicyclic) bond motifs is 7. The number of pyridine rings is 1. The third-order valence-corrected chi connectivity index (χ3v) is 14.4. The van der Waals surface area contributed by atoms with Crippen LogP contribution in [-0.4, -0.2) is 24.1 Å². The maximum absolute atomic E-state index is 5.86. The number of nitrogens with zero attached hydrogens (tertiary/aromatic N) is 4. The molecule has 0 aliphatic rings. The van der Waals surface area contributed by atoms with Crippen molar-refractivity contribution in [2.24, 2.45) is 0 Å². The summed E-state index contributed by atoms with van der Waals surface area (Å²) < 4.78 is 4.76. The number of aromatic amines is 1. The van der Waals surface area contributed by atoms with Crippen molar-refractivity contribution in [2.75, 3.05) is 0 Å². The first-order chi connectivity index (χ1) is 32.9. The molecule has 0 aliphatic carbocycles. The van der Waals surface area contributed by atoms with E-state index >= 15 is 0 Å². The molecular formula is C63H53N5. The van der Waals surface area contributed by atoms with E-state index < -0.39 is 0 Å². The van der Waals surface area contributed by atoms with Crippen LogP contribution in [0.1, 0.15) is 62.4 Å². The van der Waals surface area contributed by atoms with Crippen LogP contribution in [0.4, 0.5) is 0 Å². The summed E-state index contributed by atoms with van der Waals surface area (Å²) >= 11 is 0. The van der Waals surface area contributed by atoms with Crippen molar-refractivity contribution >= 4 is 54.6 Å². The lowest BCUT2D eigenvalue weighted by Crippen LogP contribution is -2.19. The van der Waals surface area contributed by atoms with Crippen LogP contribution in [0.15, 0.2) is 188 Å². The molecule has 0 bridgehead atoms. The van der Waals surface area contributed by atoms with Crippen molar-refractivity contribution in [3.05, 3.63) is 216 Å². The smallest absolute Gasteiger partial charge is 0.147 e. The summed E-state index contributed by atoms with van der Waals surface area (Å²) in [6.07, 6.45) is 1.89. The Morgan fingerprint density at radius 1 is 0.471 bits per heavy atom. The van der Waals surface area contributed by atoms with Gasteiger partial charge in [-0.3, -0.25) is 9.13 Å². The molecule has 0 atom stereocenters. The maximum atomic E-state index is 5.86. The minimum absolute atomic E-state index is 0.00217. The molecule has 5 nitrogen and oxygen atoms in total. The van der Waals surface area contributed by atoms with E-state index in [1.165, 1.54) is 60.5 Å². The largest absolute Gasteiger partial charge is 0.354 e. The molecule has 4 aromatic heterocycles. The Bertz CT molecular complexity index is 3890. The highest BCUT2D eigenvalue weighted by Crippen LogP contribution is 2.45. The number of imidazole rings is 1. The van der Waals surface area contributed by atoms with Gasteiger partial charge in [0, 0.05) is 55.5 Å². The molecule has 0 fully saturated rings. The molecule has 0 aliphatic heterocycles. The Morgan fingerprint density at radius 2 is 1.19 bits per heavy atom. The highest BCUT2D eigenvalue weighted by atomic mass is 15.1. The molecule has 0 amide bonds. The number of aryl methyl sites for hydroxylation is 2. The summed E-state index contributed by atoms with van der Waals surface area (Å²) in [5.41, 5.74) is 19.0. The van der Waals surface area contributed by atoms with Crippen LogP contribution in [0.5, 0.6) is 0 Å². The summed E-state index contributed by atoms with van der Waals surface area (Å²) in [5, 5.41) is 4.79. The van der Waals surface area contributed by atoms with E-state index in [4.69, 9.17) is 9.97 Å². The van der Waals surface area contributed by atoms with Gasteiger partial charge in [0.2, 0.25) is 0 Å². The number of H-pyrrole nitrogens is 1. The van der Waals surface area contributed by atoms with Crippen molar-refractivity contribution < 1.29 is 0 Å². The second-order valence-corrected chi connectivity index (χ2v) is 20.1. The van der Waals surface area contributed by atoms with E-state index in [0.29, 0.717) is 0 Å². The number of para-hydroxylation sites is 2. The van der Waals surface area contributed by atoms with Gasteiger partial charge in [0.1, 0.15) is 11.6 Å². The molecular weight excluding hydrogens is 827 g/mol. The van der Waals surface area contributed by atoms with Crippen LogP contribution in [0.25, 0.3) is 99.8 Å². The molecule has 12 rings (SSSR count). The SMILES string of the molecule is Cc1cc(-n2c(-c3cccc4c3[nH]c3ccccc34)nc3c(-c4ccc5c6cc(C(C)(C)C)ccc6n(-c6ccccn6)c5c4)cc(C(C)(C)c4ccccc4)cc32)cc(C)c1-c1ccccc1. The molecule has 8 aromatic carbocycles. The average molecular weight is 880 g/mol. The van der Waals surface area contributed by atoms with Crippen LogP contribution < -0.4 is 0 Å². The third-order valence-electron chi connectivity index (χ3n) is 14.4. The fourth-order valence-corrected chi connectivity index (χ4v) is 10.8. The summed E-state index contributed by atoms with van der Waals surface area (Å²) in [6.45, 7) is 16.0. The van der Waals surface area contributed by atoms with E-state index in [9.17, 15) is 0 Å². The normalized spacial score (nSPS) is 12.3. The highest BCUT2D eigenvalue weighted by Gasteiger charge is 2.29. The molecule has 0 saturated heterocycles. The van der Waals surface area contributed by atoms with E-state index in [2.05, 4.69) is 239 Å². The Morgan fingerprint density at radius 3 is 1.94 bits per heavy atom. The molecule has 4 heterocycles. The Balaban J connectivity index is 1.20. The molecule has 68 heavy (non-hydrogen) atoms. The predicted octanol–water partition coefficient (Wildman–Crippen LogP) is 16.4. The second kappa shape index (κ2) is 15.5. The first-order valence-electron chi connectivity index (χ1n) is 23.7. The quantitative estimate of drug-likeness (QED) is 0.173. The van der Waals surface area contributed by atoms with E-state index in [1.54, 1.807) is 0 Å². The molecule has 5 heteroatoms. The minimum Gasteiger partial charge on any atom is -0.354 e. The Kier molecular flexibility index (Phi) is 9.46. The molecule has 330 valence electrons. The number of nitrogens with one attached hydrogen (secondary N) is 1. The van der Waals surface area contributed by atoms with Crippen LogP contribution >= 0.6 is 0 Å². The van der Waals surface area contributed by atoms with Gasteiger partial charge < -0.3 is 4.98 Å². The first-order valence-corrected chi connectivity index (χ1v) is 23.7. The zero-order valence-corrected chi connectivity index (χ0v) is 39.7. The summed E-state index contributed by atoms with van der Waals surface area (Å²) in [6, 6.07) is 66.5. The lowest BCUT2D eigenvalue weighted by atomic mass is 9.77. The second-order valence-electron chi connectivity index (χ2n) is 20.1. The summed E-state index contributed by atoms with van der Waals surface area (Å²) in [4.78, 5) is 14.6. The Hall–Kier alpha value is -8.02. The van der Waals surface area contributed by atoms with Crippen molar-refractivity contribution in [3.63, 3.8) is 0 Å². The molecule has 1 N–H and O–H groups in total. The highest BCUT2D eigenvalue weighted by molar-refractivity contribution is 6.13. The van der Waals surface area contributed by atoms with Gasteiger partial charge in [-0.25, -0.2) is 9.97 Å². The number of benzene rings is 8. The monoisotopic (exact) mass is 879 g/mol. The van der Waals surface area contributed by atoms with Crippen molar-refractivity contribution in [2.45, 2.75) is 59.3 Å². The van der Waals surface area contributed by atoms with Gasteiger partial charge in [-0.1, -0.05) is 150 Å². The van der Waals surface area contributed by atoms with Gasteiger partial charge in [-0.15, -0.1) is 0 Å². The van der Waals surface area contributed by atoms with Crippen LogP contribution in [0, 0.1) is 13.8 Å². The molecule has 0 saturated carbocycles. The molecule has 0 spiro atoms. The minimum atomic E-state index is -0.351. The topological polar surface area (TPSA) is 51.4 Å². The first kappa shape index (κ1) is 41.4. The lowest BCUT2D eigenvalue weighted by molar-refractivity contribution is 0.591. The van der Waals surface area contributed by atoms with Gasteiger partial charge in [-0.2, -0.15) is 0 Å². The van der Waals surface area contributed by atoms with Crippen LogP contribution in [0.3, 0.4) is 0 Å². The van der Waals surface area contributed by atoms with Gasteiger partial charge in [-0.05, 0) is 131 Å². The van der Waals surface area contributed by atoms with Crippen molar-refractivity contribution in [1.29, 1.82) is 0 Å². The molecule has 12 aromatic rings. The third kappa shape index (κ3) is 6.59. The summed E-state index contributed by atoms with van der Waals surface area (Å²) in [5.74, 6) is 1.78. The number of rotatable bonds is 7. The fraction of sp³-hybridized carbons (Fsp3) is 0.143. The van der Waals surface area contributed by atoms with Crippen molar-refractivity contribution in [1.82, 2.24) is 24.1 Å². The van der Waals surface area contributed by atoms with Gasteiger partial charge in [0.05, 0.1) is 27.6 Å².